The molecule has 0 atom stereocenters. The summed E-state index contributed by atoms with van der Waals surface area (Å²) >= 11 is 0. The fourth-order valence-electron chi connectivity index (χ4n) is 1.29. The molecule has 0 aliphatic carbocycles. The Bertz CT molecular complexity index is 600. The van der Waals surface area contributed by atoms with Gasteiger partial charge in [-0.05, 0) is 19.1 Å². The van der Waals surface area contributed by atoms with Crippen LogP contribution in [0.25, 0.3) is 0 Å². The van der Waals surface area contributed by atoms with E-state index in [1.165, 1.54) is 12.1 Å². The van der Waals surface area contributed by atoms with Crippen LogP contribution in [0.3, 0.4) is 0 Å². The van der Waals surface area contributed by atoms with E-state index in [2.05, 4.69) is 16.1 Å². The number of rotatable bonds is 5. The van der Waals surface area contributed by atoms with Gasteiger partial charge in [-0.2, -0.15) is 0 Å². The van der Waals surface area contributed by atoms with Gasteiger partial charge in [-0.3, -0.25) is 0 Å². The number of ether oxygens (including phenoxy) is 2. The number of aryl methyl sites for hydroxylation is 1. The van der Waals surface area contributed by atoms with Gasteiger partial charge in [0.1, 0.15) is 6.61 Å². The van der Waals surface area contributed by atoms with Gasteiger partial charge in [0, 0.05) is 0 Å². The Morgan fingerprint density at radius 3 is 2.35 bits per heavy atom. The van der Waals surface area contributed by atoms with Crippen LogP contribution in [-0.2, 0) is 28.9 Å². The molecule has 1 rings (SSSR count). The molecule has 108 valence electrons. The summed E-state index contributed by atoms with van der Waals surface area (Å²) in [7, 11) is -3.56. The molecule has 7 heteroatoms. The van der Waals surface area contributed by atoms with Crippen LogP contribution in [0.1, 0.15) is 5.56 Å². The number of hydrogen-bond acceptors (Lipinski definition) is 6. The fourth-order valence-corrected chi connectivity index (χ4v) is 2.38. The maximum Gasteiger partial charge on any atom is 0.422 e. The summed E-state index contributed by atoms with van der Waals surface area (Å²) in [5.74, 6) is -2.92. The van der Waals surface area contributed by atoms with Crippen molar-refractivity contribution in [2.24, 2.45) is 0 Å². The molecular formula is C13H14O6S. The first-order chi connectivity index (χ1) is 9.36. The molecule has 0 aliphatic rings. The molecule has 0 aromatic heterocycles. The lowest BCUT2D eigenvalue weighted by Crippen LogP contribution is -2.22. The fraction of sp³-hybridized carbons (Fsp3) is 0.231. The molecule has 0 heterocycles. The highest BCUT2D eigenvalue weighted by molar-refractivity contribution is 7.91. The van der Waals surface area contributed by atoms with E-state index in [9.17, 15) is 18.0 Å². The second kappa shape index (κ2) is 6.85. The van der Waals surface area contributed by atoms with Gasteiger partial charge >= 0.3 is 11.9 Å². The smallest absolute Gasteiger partial charge is 0.422 e. The average Bonchev–Trinajstić information content (AvgIpc) is 2.39. The number of carbonyl (C=O) groups is 2. The Morgan fingerprint density at radius 2 is 1.80 bits per heavy atom. The molecule has 0 aliphatic heterocycles. The molecule has 1 aromatic rings. The minimum atomic E-state index is -3.56. The average molecular weight is 298 g/mol. The van der Waals surface area contributed by atoms with Crippen molar-refractivity contribution in [1.29, 1.82) is 0 Å². The lowest BCUT2D eigenvalue weighted by molar-refractivity contribution is -0.163. The third-order valence-corrected chi connectivity index (χ3v) is 4.02. The molecule has 0 radical (unpaired) electrons. The second-order valence-electron chi connectivity index (χ2n) is 3.84. The second-order valence-corrected chi connectivity index (χ2v) is 5.95. The Labute approximate surface area is 116 Å². The maximum absolute atomic E-state index is 11.9. The Balaban J connectivity index is 2.56. The molecule has 0 saturated heterocycles. The number of hydrogen-bond donors (Lipinski definition) is 0. The SMILES string of the molecule is C=COC(=O)C(=O)OCCS(=O)(=O)c1ccc(C)cc1. The highest BCUT2D eigenvalue weighted by atomic mass is 32.2. The van der Waals surface area contributed by atoms with Crippen LogP contribution in [0.15, 0.2) is 42.0 Å². The van der Waals surface area contributed by atoms with Crippen LogP contribution in [0, 0.1) is 6.92 Å². The third kappa shape index (κ3) is 4.51. The Morgan fingerprint density at radius 1 is 1.20 bits per heavy atom. The molecule has 0 unspecified atom stereocenters. The van der Waals surface area contributed by atoms with Crippen molar-refractivity contribution >= 4 is 21.8 Å². The molecule has 0 fully saturated rings. The summed E-state index contributed by atoms with van der Waals surface area (Å²) in [4.78, 5) is 22.1. The summed E-state index contributed by atoms with van der Waals surface area (Å²) in [6.45, 7) is 4.51. The third-order valence-electron chi connectivity index (χ3n) is 2.32. The topological polar surface area (TPSA) is 86.7 Å². The molecule has 0 amide bonds. The van der Waals surface area contributed by atoms with E-state index in [0.29, 0.717) is 0 Å². The summed E-state index contributed by atoms with van der Waals surface area (Å²) in [5.41, 5.74) is 0.933. The van der Waals surface area contributed by atoms with E-state index in [1.54, 1.807) is 12.1 Å². The first-order valence-electron chi connectivity index (χ1n) is 5.65. The molecule has 6 nitrogen and oxygen atoms in total. The maximum atomic E-state index is 11.9. The molecule has 0 bridgehead atoms. The van der Waals surface area contributed by atoms with E-state index in [1.807, 2.05) is 6.92 Å². The highest BCUT2D eigenvalue weighted by Crippen LogP contribution is 2.12. The zero-order valence-electron chi connectivity index (χ0n) is 10.9. The predicted octanol–water partition coefficient (Wildman–Crippen LogP) is 0.999. The van der Waals surface area contributed by atoms with Gasteiger partial charge in [0.15, 0.2) is 9.84 Å². The van der Waals surface area contributed by atoms with Crippen molar-refractivity contribution in [2.45, 2.75) is 11.8 Å². The van der Waals surface area contributed by atoms with Crippen molar-refractivity contribution in [3.05, 3.63) is 42.7 Å². The minimum Gasteiger partial charge on any atom is -0.456 e. The van der Waals surface area contributed by atoms with E-state index in [0.717, 1.165) is 11.8 Å². The molecule has 0 saturated carbocycles. The molecule has 0 N–H and O–H groups in total. The number of carbonyl (C=O) groups excluding carboxylic acids is 2. The van der Waals surface area contributed by atoms with Crippen LogP contribution in [0.4, 0.5) is 0 Å². The van der Waals surface area contributed by atoms with Gasteiger partial charge in [0.05, 0.1) is 16.9 Å². The van der Waals surface area contributed by atoms with Crippen molar-refractivity contribution in [2.75, 3.05) is 12.4 Å². The minimum absolute atomic E-state index is 0.132. The van der Waals surface area contributed by atoms with E-state index in [4.69, 9.17) is 0 Å². The lowest BCUT2D eigenvalue weighted by Gasteiger charge is -2.05. The van der Waals surface area contributed by atoms with Crippen LogP contribution in [0.5, 0.6) is 0 Å². The zero-order valence-corrected chi connectivity index (χ0v) is 11.7. The monoisotopic (exact) mass is 298 g/mol. The lowest BCUT2D eigenvalue weighted by atomic mass is 10.2. The van der Waals surface area contributed by atoms with Gasteiger partial charge in [-0.25, -0.2) is 18.0 Å². The molecular weight excluding hydrogens is 284 g/mol. The summed E-state index contributed by atoms with van der Waals surface area (Å²) < 4.78 is 32.5. The van der Waals surface area contributed by atoms with Gasteiger partial charge in [0.2, 0.25) is 0 Å². The summed E-state index contributed by atoms with van der Waals surface area (Å²) in [6.07, 6.45) is 0.784. The van der Waals surface area contributed by atoms with Crippen LogP contribution < -0.4 is 0 Å². The van der Waals surface area contributed by atoms with E-state index >= 15 is 0 Å². The van der Waals surface area contributed by atoms with Crippen molar-refractivity contribution in [3.8, 4) is 0 Å². The van der Waals surface area contributed by atoms with Crippen LogP contribution >= 0.6 is 0 Å². The largest absolute Gasteiger partial charge is 0.456 e. The standard InChI is InChI=1S/C13H14O6S/c1-3-18-12(14)13(15)19-8-9-20(16,17)11-6-4-10(2)5-7-11/h3-7H,1,8-9H2,2H3. The van der Waals surface area contributed by atoms with Gasteiger partial charge in [-0.15, -0.1) is 0 Å². The van der Waals surface area contributed by atoms with Crippen molar-refractivity contribution in [1.82, 2.24) is 0 Å². The highest BCUT2D eigenvalue weighted by Gasteiger charge is 2.19. The number of sulfone groups is 1. The number of esters is 2. The van der Waals surface area contributed by atoms with Crippen molar-refractivity contribution < 1.29 is 27.5 Å². The van der Waals surface area contributed by atoms with Gasteiger partial charge in [-0.1, -0.05) is 24.3 Å². The molecule has 20 heavy (non-hydrogen) atoms. The molecule has 1 aromatic carbocycles. The quantitative estimate of drug-likeness (QED) is 0.458. The van der Waals surface area contributed by atoms with E-state index in [-0.39, 0.29) is 4.90 Å². The predicted molar refractivity (Wildman–Crippen MR) is 70.5 cm³/mol. The zero-order chi connectivity index (χ0) is 15.2. The summed E-state index contributed by atoms with van der Waals surface area (Å²) in [5, 5.41) is 0. The normalized spacial score (nSPS) is 10.7. The first-order valence-corrected chi connectivity index (χ1v) is 7.30. The van der Waals surface area contributed by atoms with Gasteiger partial charge in [0.25, 0.3) is 0 Å². The van der Waals surface area contributed by atoms with E-state index < -0.39 is 34.1 Å². The van der Waals surface area contributed by atoms with Crippen molar-refractivity contribution in [3.63, 3.8) is 0 Å². The van der Waals surface area contributed by atoms with Crippen LogP contribution in [-0.4, -0.2) is 32.7 Å². The summed E-state index contributed by atoms with van der Waals surface area (Å²) in [6, 6.07) is 6.28. The Kier molecular flexibility index (Phi) is 5.45. The van der Waals surface area contributed by atoms with Gasteiger partial charge < -0.3 is 9.47 Å². The molecule has 0 spiro atoms. The Hall–Kier alpha value is -2.15. The number of benzene rings is 1. The first kappa shape index (κ1) is 15.9. The van der Waals surface area contributed by atoms with Crippen LogP contribution in [0.2, 0.25) is 0 Å².